The Morgan fingerprint density at radius 3 is 2.60 bits per heavy atom. The molecule has 20 heavy (non-hydrogen) atoms. The summed E-state index contributed by atoms with van der Waals surface area (Å²) < 4.78 is 11.5. The Morgan fingerprint density at radius 2 is 2.00 bits per heavy atom. The highest BCUT2D eigenvalue weighted by Gasteiger charge is 2.15. The topological polar surface area (TPSA) is 30.5 Å². The first-order valence-electron chi connectivity index (χ1n) is 7.10. The van der Waals surface area contributed by atoms with Gasteiger partial charge in [-0.25, -0.2) is 0 Å². The highest BCUT2D eigenvalue weighted by molar-refractivity contribution is 9.10. The number of halogens is 1. The Kier molecular flexibility index (Phi) is 8.19. The maximum atomic E-state index is 5.31. The Balaban J connectivity index is 2.65. The van der Waals surface area contributed by atoms with Crippen LogP contribution in [0.25, 0.3) is 0 Å². The molecule has 0 aliphatic carbocycles. The summed E-state index contributed by atoms with van der Waals surface area (Å²) >= 11 is 3.63. The molecule has 3 nitrogen and oxygen atoms in total. The van der Waals surface area contributed by atoms with Gasteiger partial charge in [0.05, 0.1) is 13.7 Å². The molecule has 0 aromatic heterocycles. The summed E-state index contributed by atoms with van der Waals surface area (Å²) in [6, 6.07) is 6.16. The second-order valence-electron chi connectivity index (χ2n) is 5.36. The summed E-state index contributed by atoms with van der Waals surface area (Å²) in [5.41, 5.74) is 1.30. The molecule has 4 heteroatoms. The van der Waals surface area contributed by atoms with Crippen molar-refractivity contribution in [1.82, 2.24) is 5.32 Å². The van der Waals surface area contributed by atoms with Gasteiger partial charge in [0.15, 0.2) is 0 Å². The number of nitrogens with one attached hydrogen (secondary N) is 1. The molecule has 1 N–H and O–H groups in total. The zero-order valence-electron chi connectivity index (χ0n) is 12.9. The molecule has 0 fully saturated rings. The van der Waals surface area contributed by atoms with Gasteiger partial charge in [-0.3, -0.25) is 0 Å². The van der Waals surface area contributed by atoms with Crippen molar-refractivity contribution in [3.8, 4) is 5.75 Å². The van der Waals surface area contributed by atoms with E-state index in [1.807, 2.05) is 6.07 Å². The van der Waals surface area contributed by atoms with Crippen LogP contribution in [0.15, 0.2) is 22.7 Å². The molecule has 0 heterocycles. The van der Waals surface area contributed by atoms with Crippen LogP contribution >= 0.6 is 15.9 Å². The molecule has 1 rings (SSSR count). The Hall–Kier alpha value is -0.580. The molecule has 0 aliphatic rings. The summed E-state index contributed by atoms with van der Waals surface area (Å²) in [5.74, 6) is 2.14. The van der Waals surface area contributed by atoms with Crippen molar-refractivity contribution in [3.63, 3.8) is 0 Å². The second kappa shape index (κ2) is 9.37. The molecule has 0 radical (unpaired) electrons. The van der Waals surface area contributed by atoms with E-state index in [9.17, 15) is 0 Å². The van der Waals surface area contributed by atoms with Crippen LogP contribution in [0, 0.1) is 11.8 Å². The van der Waals surface area contributed by atoms with Crippen molar-refractivity contribution in [2.75, 3.05) is 33.9 Å². The predicted octanol–water partition coefficient (Wildman–Crippen LogP) is 3.51. The van der Waals surface area contributed by atoms with Crippen LogP contribution in [0.4, 0.5) is 0 Å². The molecule has 1 aromatic carbocycles. The van der Waals surface area contributed by atoms with Crippen LogP contribution in [0.2, 0.25) is 0 Å². The standard InChI is InChI=1S/C16H26BrNO2/c1-12(2)14(11-18-7-8-19-3)9-13-10-15(20-4)5-6-16(13)17/h5-6,10,12,14,18H,7-9,11H2,1-4H3. The van der Waals surface area contributed by atoms with Gasteiger partial charge in [0.2, 0.25) is 0 Å². The summed E-state index contributed by atoms with van der Waals surface area (Å²) in [4.78, 5) is 0. The van der Waals surface area contributed by atoms with Crippen molar-refractivity contribution >= 4 is 15.9 Å². The van der Waals surface area contributed by atoms with E-state index < -0.39 is 0 Å². The molecule has 1 aromatic rings. The lowest BCUT2D eigenvalue weighted by Gasteiger charge is -2.22. The van der Waals surface area contributed by atoms with Crippen LogP contribution in [-0.4, -0.2) is 33.9 Å². The molecule has 0 saturated carbocycles. The van der Waals surface area contributed by atoms with Gasteiger partial charge < -0.3 is 14.8 Å². The average Bonchev–Trinajstić information content (AvgIpc) is 2.43. The number of hydrogen-bond donors (Lipinski definition) is 1. The maximum Gasteiger partial charge on any atom is 0.119 e. The number of benzene rings is 1. The van der Waals surface area contributed by atoms with E-state index in [1.165, 1.54) is 5.56 Å². The van der Waals surface area contributed by atoms with E-state index in [0.717, 1.165) is 36.3 Å². The van der Waals surface area contributed by atoms with Crippen molar-refractivity contribution in [3.05, 3.63) is 28.2 Å². The van der Waals surface area contributed by atoms with Gasteiger partial charge in [0.1, 0.15) is 5.75 Å². The number of ether oxygens (including phenoxy) is 2. The largest absolute Gasteiger partial charge is 0.497 e. The van der Waals surface area contributed by atoms with E-state index in [0.29, 0.717) is 11.8 Å². The second-order valence-corrected chi connectivity index (χ2v) is 6.22. The molecule has 1 atom stereocenters. The average molecular weight is 344 g/mol. The van der Waals surface area contributed by atoms with Crippen molar-refractivity contribution in [1.29, 1.82) is 0 Å². The highest BCUT2D eigenvalue weighted by atomic mass is 79.9. The van der Waals surface area contributed by atoms with Crippen molar-refractivity contribution < 1.29 is 9.47 Å². The number of hydrogen-bond acceptors (Lipinski definition) is 3. The summed E-state index contributed by atoms with van der Waals surface area (Å²) in [6.07, 6.45) is 1.04. The highest BCUT2D eigenvalue weighted by Crippen LogP contribution is 2.26. The molecule has 114 valence electrons. The Bertz CT molecular complexity index is 396. The minimum absolute atomic E-state index is 0.593. The van der Waals surface area contributed by atoms with Crippen LogP contribution in [-0.2, 0) is 11.2 Å². The molecule has 0 saturated heterocycles. The van der Waals surface area contributed by atoms with E-state index in [4.69, 9.17) is 9.47 Å². The van der Waals surface area contributed by atoms with E-state index in [2.05, 4.69) is 47.2 Å². The van der Waals surface area contributed by atoms with Gasteiger partial charge in [0, 0.05) is 18.1 Å². The third-order valence-electron chi connectivity index (χ3n) is 3.57. The predicted molar refractivity (Wildman–Crippen MR) is 87.5 cm³/mol. The van der Waals surface area contributed by atoms with Gasteiger partial charge in [-0.05, 0) is 48.6 Å². The van der Waals surface area contributed by atoms with Gasteiger partial charge in [0.25, 0.3) is 0 Å². The third kappa shape index (κ3) is 5.81. The summed E-state index contributed by atoms with van der Waals surface area (Å²) in [7, 11) is 3.44. The van der Waals surface area contributed by atoms with Crippen molar-refractivity contribution in [2.45, 2.75) is 20.3 Å². The minimum atomic E-state index is 0.593. The molecule has 0 amide bonds. The SMILES string of the molecule is COCCNCC(Cc1cc(OC)ccc1Br)C(C)C. The lowest BCUT2D eigenvalue weighted by Crippen LogP contribution is -2.30. The van der Waals surface area contributed by atoms with Gasteiger partial charge in [-0.1, -0.05) is 29.8 Å². The number of rotatable bonds is 9. The lowest BCUT2D eigenvalue weighted by atomic mass is 9.89. The Morgan fingerprint density at radius 1 is 1.25 bits per heavy atom. The van der Waals surface area contributed by atoms with E-state index in [-0.39, 0.29) is 0 Å². The first-order chi connectivity index (χ1) is 9.58. The van der Waals surface area contributed by atoms with Crippen LogP contribution in [0.3, 0.4) is 0 Å². The molecular weight excluding hydrogens is 318 g/mol. The monoisotopic (exact) mass is 343 g/mol. The molecule has 1 unspecified atom stereocenters. The fourth-order valence-corrected chi connectivity index (χ4v) is 2.53. The van der Waals surface area contributed by atoms with Crippen LogP contribution in [0.1, 0.15) is 19.4 Å². The molecular formula is C16H26BrNO2. The quantitative estimate of drug-likeness (QED) is 0.696. The molecule has 0 aliphatic heterocycles. The fraction of sp³-hybridized carbons (Fsp3) is 0.625. The first kappa shape index (κ1) is 17.5. The van der Waals surface area contributed by atoms with E-state index >= 15 is 0 Å². The summed E-state index contributed by atoms with van der Waals surface area (Å²) in [6.45, 7) is 7.21. The van der Waals surface area contributed by atoms with Gasteiger partial charge >= 0.3 is 0 Å². The molecule has 0 bridgehead atoms. The maximum absolute atomic E-state index is 5.31. The lowest BCUT2D eigenvalue weighted by molar-refractivity contribution is 0.196. The van der Waals surface area contributed by atoms with Crippen LogP contribution < -0.4 is 10.1 Å². The number of methoxy groups -OCH3 is 2. The van der Waals surface area contributed by atoms with Gasteiger partial charge in [-0.2, -0.15) is 0 Å². The first-order valence-corrected chi connectivity index (χ1v) is 7.89. The fourth-order valence-electron chi connectivity index (χ4n) is 2.12. The smallest absolute Gasteiger partial charge is 0.119 e. The normalized spacial score (nSPS) is 12.7. The van der Waals surface area contributed by atoms with Gasteiger partial charge in [-0.15, -0.1) is 0 Å². The minimum Gasteiger partial charge on any atom is -0.497 e. The third-order valence-corrected chi connectivity index (χ3v) is 4.34. The zero-order chi connectivity index (χ0) is 15.0. The zero-order valence-corrected chi connectivity index (χ0v) is 14.5. The molecule has 0 spiro atoms. The summed E-state index contributed by atoms with van der Waals surface area (Å²) in [5, 5.41) is 3.46. The van der Waals surface area contributed by atoms with Crippen LogP contribution in [0.5, 0.6) is 5.75 Å². The van der Waals surface area contributed by atoms with Crippen molar-refractivity contribution in [2.24, 2.45) is 11.8 Å². The Labute approximate surface area is 131 Å². The van der Waals surface area contributed by atoms with E-state index in [1.54, 1.807) is 14.2 Å².